The van der Waals surface area contributed by atoms with E-state index in [1.54, 1.807) is 0 Å². The average Bonchev–Trinajstić information content (AvgIpc) is 3.65. The first-order chi connectivity index (χ1) is 38.5. The first kappa shape index (κ1) is 65.1. The van der Waals surface area contributed by atoms with Crippen LogP contribution in [0.25, 0.3) is 0 Å². The number of aliphatic carboxylic acids is 1. The van der Waals surface area contributed by atoms with Gasteiger partial charge < -0.3 is 178 Å². The van der Waals surface area contributed by atoms with Crippen LogP contribution in [0.1, 0.15) is 0 Å². The van der Waals surface area contributed by atoms with Crippen molar-refractivity contribution in [3.8, 4) is 0 Å². The molecular formula is C44H72O37. The standard InChI is InChI=1S/C44H72O37/c45-1-9-30-18(55)24(61)39(69-9)77-32-11(3-47)71-41(26(63)20(32)57)79-34-13(5-49)73-43(28(65)22(34)59)81-36-15(7-51)74-44(29(66)37(36)67-8-16(52)53)80-35-14(6-50)72-42(27(64)21(35)58)78-33-12(4-48)70-40(25(62)19(33)56)76-31-10(2-46)68-38(75-30)23(60)17(31)54/h9-15,17-51,54-66H,1-8H2,(H,52,53)/t9-,10-,11-,12-,13-,14-,15-,17-,18-,19-,20-,21-,22-,23-,24-,25-,26-,27-,28-,29-,30-,31-,32-,33-,34-,35-,36-,37-,38-,39-,40-,41-,42-,43-,44-/m1/s1. The van der Waals surface area contributed by atoms with E-state index in [1.807, 2.05) is 0 Å². The summed E-state index contributed by atoms with van der Waals surface area (Å²) in [5, 5.41) is 230. The molecule has 37 heteroatoms. The lowest BCUT2D eigenvalue weighted by atomic mass is 9.95. The van der Waals surface area contributed by atoms with Crippen LogP contribution in [-0.4, -0.2) is 381 Å². The molecule has 0 radical (unpaired) electrons. The van der Waals surface area contributed by atoms with Gasteiger partial charge in [-0.1, -0.05) is 0 Å². The minimum Gasteiger partial charge on any atom is -0.480 e. The van der Waals surface area contributed by atoms with Gasteiger partial charge in [0.1, 0.15) is 178 Å². The maximum atomic E-state index is 11.8. The van der Waals surface area contributed by atoms with Gasteiger partial charge in [0.25, 0.3) is 0 Å². The predicted octanol–water partition coefficient (Wildman–Crippen LogP) is -15.1. The van der Waals surface area contributed by atoms with Crippen LogP contribution in [0.2, 0.25) is 0 Å². The highest BCUT2D eigenvalue weighted by molar-refractivity contribution is 5.68. The highest BCUT2D eigenvalue weighted by Gasteiger charge is 2.60. The molecule has 21 N–H and O–H groups in total. The topological polar surface area (TPSA) is 580 Å². The molecule has 0 amide bonds. The number of carboxylic acid groups (broad SMARTS) is 1. The van der Waals surface area contributed by atoms with Gasteiger partial charge in [0.05, 0.1) is 46.2 Å². The molecule has 0 aromatic rings. The predicted molar refractivity (Wildman–Crippen MR) is 240 cm³/mol. The summed E-state index contributed by atoms with van der Waals surface area (Å²) in [5.74, 6) is -1.62. The molecule has 37 nitrogen and oxygen atoms in total. The molecule has 0 aliphatic carbocycles. The maximum Gasteiger partial charge on any atom is 0.329 e. The summed E-state index contributed by atoms with van der Waals surface area (Å²) in [6.45, 7) is -8.76. The van der Waals surface area contributed by atoms with Crippen molar-refractivity contribution in [1.29, 1.82) is 0 Å². The van der Waals surface area contributed by atoms with E-state index in [-0.39, 0.29) is 0 Å². The summed E-state index contributed by atoms with van der Waals surface area (Å²) in [6, 6.07) is 0. The van der Waals surface area contributed by atoms with E-state index in [1.165, 1.54) is 0 Å². The molecule has 0 unspecified atom stereocenters. The van der Waals surface area contributed by atoms with Crippen LogP contribution in [0.5, 0.6) is 0 Å². The van der Waals surface area contributed by atoms with Gasteiger partial charge in [-0.25, -0.2) is 4.79 Å². The number of carboxylic acids is 1. The zero-order valence-corrected chi connectivity index (χ0v) is 42.3. The highest BCUT2D eigenvalue weighted by Crippen LogP contribution is 2.39. The van der Waals surface area contributed by atoms with Crippen LogP contribution >= 0.6 is 0 Å². The largest absolute Gasteiger partial charge is 0.480 e. The van der Waals surface area contributed by atoms with Crippen molar-refractivity contribution in [2.45, 2.75) is 215 Å². The molecule has 21 heterocycles. The second kappa shape index (κ2) is 27.8. The van der Waals surface area contributed by atoms with E-state index < -0.39 is 274 Å². The van der Waals surface area contributed by atoms with Gasteiger partial charge in [-0.15, -0.1) is 0 Å². The van der Waals surface area contributed by atoms with Crippen molar-refractivity contribution in [3.63, 3.8) is 0 Å². The lowest BCUT2D eigenvalue weighted by Crippen LogP contribution is -2.68. The Balaban J connectivity index is 1.10. The molecule has 0 aromatic heterocycles. The molecule has 14 bridgehead atoms. The van der Waals surface area contributed by atoms with E-state index in [4.69, 9.17) is 71.1 Å². The number of aliphatic hydroxyl groups excluding tert-OH is 20. The summed E-state index contributed by atoms with van der Waals surface area (Å²) < 4.78 is 85.4. The molecule has 470 valence electrons. The quantitative estimate of drug-likeness (QED) is 0.0966. The van der Waals surface area contributed by atoms with Crippen molar-refractivity contribution in [2.24, 2.45) is 0 Å². The van der Waals surface area contributed by atoms with Crippen LogP contribution in [0, 0.1) is 0 Å². The smallest absolute Gasteiger partial charge is 0.329 e. The minimum atomic E-state index is -2.27. The van der Waals surface area contributed by atoms with E-state index in [0.29, 0.717) is 0 Å². The summed E-state index contributed by atoms with van der Waals surface area (Å²) in [7, 11) is 0. The fraction of sp³-hybridized carbons (Fsp3) is 0.977. The van der Waals surface area contributed by atoms with Crippen molar-refractivity contribution in [2.75, 3.05) is 52.9 Å². The third kappa shape index (κ3) is 13.2. The fourth-order valence-corrected chi connectivity index (χ4v) is 10.8. The summed E-state index contributed by atoms with van der Waals surface area (Å²) >= 11 is 0. The Bertz CT molecular complexity index is 1950. The number of hydrogen-bond acceptors (Lipinski definition) is 36. The second-order valence-corrected chi connectivity index (χ2v) is 20.3. The number of aliphatic hydroxyl groups is 20. The van der Waals surface area contributed by atoms with Crippen LogP contribution in [0.3, 0.4) is 0 Å². The Morgan fingerprint density at radius 2 is 0.432 bits per heavy atom. The van der Waals surface area contributed by atoms with Gasteiger partial charge in [-0.2, -0.15) is 0 Å². The van der Waals surface area contributed by atoms with E-state index in [0.717, 1.165) is 0 Å². The number of hydrogen-bond donors (Lipinski definition) is 21. The number of rotatable bonds is 10. The normalized spacial score (nSPS) is 53.2. The van der Waals surface area contributed by atoms with Crippen molar-refractivity contribution in [3.05, 3.63) is 0 Å². The Hall–Kier alpha value is -1.93. The van der Waals surface area contributed by atoms with Gasteiger partial charge in [0, 0.05) is 0 Å². The monoisotopic (exact) mass is 1190 g/mol. The van der Waals surface area contributed by atoms with Gasteiger partial charge >= 0.3 is 5.97 Å². The van der Waals surface area contributed by atoms with E-state index in [9.17, 15) is 112 Å². The lowest BCUT2D eigenvalue weighted by molar-refractivity contribution is -0.397. The highest BCUT2D eigenvalue weighted by atomic mass is 16.8. The molecule has 21 aliphatic heterocycles. The molecule has 81 heavy (non-hydrogen) atoms. The molecular weight excluding hydrogens is 1120 g/mol. The van der Waals surface area contributed by atoms with E-state index >= 15 is 0 Å². The SMILES string of the molecule is O=C(O)CO[C@@H]1[C@@H](O)[C@H]2O[C@H]3[C@H](O)[C@@H](O)[C@@H](O[C@H]4[C@H](O)[C@@H](O)[C@@H](O[C@H]5[C@H](O)[C@@H](O)[C@@H](O[C@H]6[C@H](O)[C@@H](O)[C@@H](O[C@H]7[C@H](O)[C@@H](O)[C@@H](O[C@H]8[C@H](O)[C@@H](O)[C@@H](O[C@@H]1[C@@H](CO)O2)O[C@@H]8CO)O[C@@H]7CO)O[C@@H]6CO)O[C@@H]5CO)O[C@@H]4CO)O[C@@H]3CO. The molecule has 21 saturated heterocycles. The Kier molecular flexibility index (Phi) is 22.4. The Labute approximate surface area is 456 Å². The third-order valence-corrected chi connectivity index (χ3v) is 15.2. The summed E-state index contributed by atoms with van der Waals surface area (Å²) in [4.78, 5) is 11.8. The maximum absolute atomic E-state index is 11.8. The molecule has 21 fully saturated rings. The van der Waals surface area contributed by atoms with Crippen LogP contribution in [0.15, 0.2) is 0 Å². The van der Waals surface area contributed by atoms with Crippen molar-refractivity contribution >= 4 is 5.97 Å². The molecule has 21 aliphatic rings. The number of carbonyl (C=O) groups is 1. The van der Waals surface area contributed by atoms with Crippen molar-refractivity contribution < 1.29 is 183 Å². The van der Waals surface area contributed by atoms with Crippen LogP contribution < -0.4 is 0 Å². The minimum absolute atomic E-state index is 1.06. The van der Waals surface area contributed by atoms with Gasteiger partial charge in [0.15, 0.2) is 44.0 Å². The fourth-order valence-electron chi connectivity index (χ4n) is 10.8. The lowest BCUT2D eigenvalue weighted by Gasteiger charge is -2.50. The molecule has 0 spiro atoms. The van der Waals surface area contributed by atoms with Gasteiger partial charge in [-0.3, -0.25) is 0 Å². The van der Waals surface area contributed by atoms with Crippen LogP contribution in [-0.2, 0) is 75.8 Å². The second-order valence-electron chi connectivity index (χ2n) is 20.3. The van der Waals surface area contributed by atoms with Gasteiger partial charge in [-0.05, 0) is 0 Å². The first-order valence-electron chi connectivity index (χ1n) is 25.7. The summed E-state index contributed by atoms with van der Waals surface area (Å²) in [5.41, 5.74) is 0. The molecule has 21 rings (SSSR count). The zero-order valence-electron chi connectivity index (χ0n) is 42.3. The Morgan fingerprint density at radius 1 is 0.259 bits per heavy atom. The molecule has 0 aromatic carbocycles. The van der Waals surface area contributed by atoms with E-state index in [2.05, 4.69) is 0 Å². The van der Waals surface area contributed by atoms with Gasteiger partial charge in [0.2, 0.25) is 0 Å². The Morgan fingerprint density at radius 3 is 0.617 bits per heavy atom. The number of ether oxygens (including phenoxy) is 15. The average molecular weight is 1190 g/mol. The third-order valence-electron chi connectivity index (χ3n) is 15.2. The molecule has 35 atom stereocenters. The van der Waals surface area contributed by atoms with Crippen molar-refractivity contribution in [1.82, 2.24) is 0 Å². The summed E-state index contributed by atoms with van der Waals surface area (Å²) in [6.07, 6.45) is -71.4. The zero-order chi connectivity index (χ0) is 59.0. The first-order valence-corrected chi connectivity index (χ1v) is 25.7. The molecule has 0 saturated carbocycles. The van der Waals surface area contributed by atoms with Crippen LogP contribution in [0.4, 0.5) is 0 Å².